The Bertz CT molecular complexity index is 405. The highest BCUT2D eigenvalue weighted by atomic mass is 19.1. The SMILES string of the molecule is O=[N+]([O-])c1ccc(N[C@@H]2CCNC2)c(F)c1. The van der Waals surface area contributed by atoms with Crippen LogP contribution in [-0.2, 0) is 0 Å². The molecule has 1 aromatic carbocycles. The lowest BCUT2D eigenvalue weighted by atomic mass is 10.2. The Labute approximate surface area is 91.8 Å². The van der Waals surface area contributed by atoms with Crippen molar-refractivity contribution < 1.29 is 9.31 Å². The minimum absolute atomic E-state index is 0.191. The maximum absolute atomic E-state index is 13.5. The molecule has 16 heavy (non-hydrogen) atoms. The zero-order valence-electron chi connectivity index (χ0n) is 8.57. The van der Waals surface area contributed by atoms with Gasteiger partial charge in [0.25, 0.3) is 5.69 Å². The first-order chi connectivity index (χ1) is 7.66. The summed E-state index contributed by atoms with van der Waals surface area (Å²) in [5, 5.41) is 16.6. The van der Waals surface area contributed by atoms with Gasteiger partial charge in [-0.25, -0.2) is 4.39 Å². The van der Waals surface area contributed by atoms with E-state index in [1.165, 1.54) is 12.1 Å². The van der Waals surface area contributed by atoms with Crippen molar-refractivity contribution in [1.82, 2.24) is 5.32 Å². The fraction of sp³-hybridized carbons (Fsp3) is 0.400. The molecule has 0 aliphatic carbocycles. The van der Waals surface area contributed by atoms with Crippen LogP contribution in [0.4, 0.5) is 15.8 Å². The molecule has 0 aromatic heterocycles. The van der Waals surface area contributed by atoms with E-state index in [0.29, 0.717) is 5.69 Å². The highest BCUT2D eigenvalue weighted by Crippen LogP contribution is 2.21. The van der Waals surface area contributed by atoms with Crippen LogP contribution in [0.15, 0.2) is 18.2 Å². The summed E-state index contributed by atoms with van der Waals surface area (Å²) in [6.07, 6.45) is 0.927. The predicted octanol–water partition coefficient (Wildman–Crippen LogP) is 1.51. The van der Waals surface area contributed by atoms with Crippen LogP contribution in [-0.4, -0.2) is 24.1 Å². The number of rotatable bonds is 3. The summed E-state index contributed by atoms with van der Waals surface area (Å²) < 4.78 is 13.5. The maximum Gasteiger partial charge on any atom is 0.272 e. The highest BCUT2D eigenvalue weighted by molar-refractivity contribution is 5.50. The molecule has 2 rings (SSSR count). The summed E-state index contributed by atoms with van der Waals surface area (Å²) in [6.45, 7) is 1.70. The van der Waals surface area contributed by atoms with Gasteiger partial charge in [0, 0.05) is 18.7 Å². The molecule has 0 radical (unpaired) electrons. The van der Waals surface area contributed by atoms with Gasteiger partial charge < -0.3 is 10.6 Å². The average Bonchev–Trinajstić information content (AvgIpc) is 2.73. The van der Waals surface area contributed by atoms with E-state index in [0.717, 1.165) is 25.6 Å². The van der Waals surface area contributed by atoms with E-state index in [4.69, 9.17) is 0 Å². The fourth-order valence-corrected chi connectivity index (χ4v) is 1.73. The number of benzene rings is 1. The Morgan fingerprint density at radius 3 is 2.94 bits per heavy atom. The Balaban J connectivity index is 2.12. The van der Waals surface area contributed by atoms with Gasteiger partial charge in [0.05, 0.1) is 16.7 Å². The van der Waals surface area contributed by atoms with Crippen LogP contribution in [0.25, 0.3) is 0 Å². The third kappa shape index (κ3) is 2.27. The van der Waals surface area contributed by atoms with Crippen molar-refractivity contribution in [2.45, 2.75) is 12.5 Å². The standard InChI is InChI=1S/C10H12FN3O2/c11-9-5-8(14(15)16)1-2-10(9)13-7-3-4-12-6-7/h1-2,5,7,12-13H,3-4,6H2/t7-/m1/s1. The molecule has 1 atom stereocenters. The third-order valence-corrected chi connectivity index (χ3v) is 2.58. The molecule has 6 heteroatoms. The molecule has 1 saturated heterocycles. The number of hydrogen-bond donors (Lipinski definition) is 2. The molecule has 0 bridgehead atoms. The van der Waals surface area contributed by atoms with Crippen molar-refractivity contribution in [3.63, 3.8) is 0 Å². The minimum atomic E-state index is -0.607. The molecule has 0 spiro atoms. The summed E-state index contributed by atoms with van der Waals surface area (Å²) in [7, 11) is 0. The van der Waals surface area contributed by atoms with E-state index in [2.05, 4.69) is 10.6 Å². The molecule has 1 fully saturated rings. The lowest BCUT2D eigenvalue weighted by Crippen LogP contribution is -2.22. The van der Waals surface area contributed by atoms with Gasteiger partial charge in [-0.2, -0.15) is 0 Å². The molecule has 5 nitrogen and oxygen atoms in total. The average molecular weight is 225 g/mol. The molecule has 1 aromatic rings. The summed E-state index contributed by atoms with van der Waals surface area (Å²) in [5.41, 5.74) is 0.0897. The van der Waals surface area contributed by atoms with Crippen molar-refractivity contribution in [3.8, 4) is 0 Å². The number of anilines is 1. The molecular formula is C10H12FN3O2. The van der Waals surface area contributed by atoms with E-state index in [1.807, 2.05) is 0 Å². The normalized spacial score (nSPS) is 19.7. The summed E-state index contributed by atoms with van der Waals surface area (Å²) >= 11 is 0. The lowest BCUT2D eigenvalue weighted by Gasteiger charge is -2.13. The molecule has 1 heterocycles. The number of nitro groups is 1. The first-order valence-corrected chi connectivity index (χ1v) is 5.08. The number of hydrogen-bond acceptors (Lipinski definition) is 4. The highest BCUT2D eigenvalue weighted by Gasteiger charge is 2.17. The summed E-state index contributed by atoms with van der Waals surface area (Å²) in [6, 6.07) is 3.83. The number of nitrogens with one attached hydrogen (secondary N) is 2. The molecule has 0 amide bonds. The van der Waals surface area contributed by atoms with Gasteiger partial charge in [0.1, 0.15) is 0 Å². The molecule has 1 aliphatic heterocycles. The minimum Gasteiger partial charge on any atom is -0.379 e. The van der Waals surface area contributed by atoms with E-state index in [-0.39, 0.29) is 11.7 Å². The Hall–Kier alpha value is -1.69. The van der Waals surface area contributed by atoms with Gasteiger partial charge in [-0.15, -0.1) is 0 Å². The van der Waals surface area contributed by atoms with Crippen molar-refractivity contribution in [1.29, 1.82) is 0 Å². The Morgan fingerprint density at radius 2 is 2.38 bits per heavy atom. The molecular weight excluding hydrogens is 213 g/mol. The van der Waals surface area contributed by atoms with Crippen LogP contribution in [0.2, 0.25) is 0 Å². The van der Waals surface area contributed by atoms with Gasteiger partial charge >= 0.3 is 0 Å². The number of halogens is 1. The van der Waals surface area contributed by atoms with Gasteiger partial charge in [-0.05, 0) is 19.0 Å². The molecule has 2 N–H and O–H groups in total. The number of nitro benzene ring substituents is 1. The fourth-order valence-electron chi connectivity index (χ4n) is 1.73. The van der Waals surface area contributed by atoms with Crippen LogP contribution in [0, 0.1) is 15.9 Å². The van der Waals surface area contributed by atoms with Crippen molar-refractivity contribution in [2.24, 2.45) is 0 Å². The largest absolute Gasteiger partial charge is 0.379 e. The van der Waals surface area contributed by atoms with Crippen LogP contribution < -0.4 is 10.6 Å². The van der Waals surface area contributed by atoms with Crippen molar-refractivity contribution >= 4 is 11.4 Å². The second-order valence-corrected chi connectivity index (χ2v) is 3.76. The predicted molar refractivity (Wildman–Crippen MR) is 58.0 cm³/mol. The monoisotopic (exact) mass is 225 g/mol. The molecule has 0 unspecified atom stereocenters. The number of non-ortho nitro benzene ring substituents is 1. The van der Waals surface area contributed by atoms with Gasteiger partial charge in [-0.3, -0.25) is 10.1 Å². The van der Waals surface area contributed by atoms with Crippen LogP contribution in [0.3, 0.4) is 0 Å². The zero-order valence-corrected chi connectivity index (χ0v) is 8.57. The molecule has 1 aliphatic rings. The van der Waals surface area contributed by atoms with Gasteiger partial charge in [-0.1, -0.05) is 0 Å². The second-order valence-electron chi connectivity index (χ2n) is 3.76. The van der Waals surface area contributed by atoms with Crippen molar-refractivity contribution in [3.05, 3.63) is 34.1 Å². The smallest absolute Gasteiger partial charge is 0.272 e. The lowest BCUT2D eigenvalue weighted by molar-refractivity contribution is -0.385. The van der Waals surface area contributed by atoms with Crippen LogP contribution in [0.1, 0.15) is 6.42 Å². The topological polar surface area (TPSA) is 67.2 Å². The van der Waals surface area contributed by atoms with Gasteiger partial charge in [0.2, 0.25) is 0 Å². The van der Waals surface area contributed by atoms with Crippen LogP contribution in [0.5, 0.6) is 0 Å². The zero-order chi connectivity index (χ0) is 11.5. The summed E-state index contributed by atoms with van der Waals surface area (Å²) in [5.74, 6) is -0.582. The number of nitrogens with zero attached hydrogens (tertiary/aromatic N) is 1. The maximum atomic E-state index is 13.5. The van der Waals surface area contributed by atoms with Crippen molar-refractivity contribution in [2.75, 3.05) is 18.4 Å². The van der Waals surface area contributed by atoms with E-state index in [1.54, 1.807) is 0 Å². The first-order valence-electron chi connectivity index (χ1n) is 5.08. The third-order valence-electron chi connectivity index (χ3n) is 2.58. The Kier molecular flexibility index (Phi) is 3.00. The molecule has 86 valence electrons. The van der Waals surface area contributed by atoms with Gasteiger partial charge in [0.15, 0.2) is 5.82 Å². The second kappa shape index (κ2) is 4.44. The molecule has 0 saturated carbocycles. The van der Waals surface area contributed by atoms with E-state index >= 15 is 0 Å². The summed E-state index contributed by atoms with van der Waals surface area (Å²) in [4.78, 5) is 9.81. The Morgan fingerprint density at radius 1 is 1.56 bits per heavy atom. The quantitative estimate of drug-likeness (QED) is 0.604. The first kappa shape index (κ1) is 10.8. The van der Waals surface area contributed by atoms with Crippen LogP contribution >= 0.6 is 0 Å². The van der Waals surface area contributed by atoms with E-state index < -0.39 is 10.7 Å². The van der Waals surface area contributed by atoms with E-state index in [9.17, 15) is 14.5 Å².